The molecule has 0 N–H and O–H groups in total. The summed E-state index contributed by atoms with van der Waals surface area (Å²) in [5.41, 5.74) is 6.05. The number of amides is 1. The van der Waals surface area contributed by atoms with Crippen molar-refractivity contribution < 1.29 is 4.79 Å². The minimum Gasteiger partial charge on any atom is -0.341 e. The minimum atomic E-state index is -0.257. The molecule has 37 heavy (non-hydrogen) atoms. The predicted octanol–water partition coefficient (Wildman–Crippen LogP) is 6.29. The van der Waals surface area contributed by atoms with Gasteiger partial charge in [-0.1, -0.05) is 84.9 Å². The molecule has 1 amide bonds. The summed E-state index contributed by atoms with van der Waals surface area (Å²) in [6, 6.07) is 36.0. The van der Waals surface area contributed by atoms with Crippen LogP contribution in [0.25, 0.3) is 21.8 Å². The van der Waals surface area contributed by atoms with E-state index in [0.717, 1.165) is 50.4 Å². The highest BCUT2D eigenvalue weighted by molar-refractivity contribution is 6.08. The van der Waals surface area contributed by atoms with Gasteiger partial charge in [0.15, 0.2) is 0 Å². The summed E-state index contributed by atoms with van der Waals surface area (Å²) in [6.07, 6.45) is 0. The normalized spacial score (nSPS) is 14.6. The van der Waals surface area contributed by atoms with Crippen LogP contribution < -0.4 is 0 Å². The summed E-state index contributed by atoms with van der Waals surface area (Å²) in [5, 5.41) is 2.65. The molecule has 0 atom stereocenters. The third-order valence-corrected chi connectivity index (χ3v) is 7.76. The third-order valence-electron chi connectivity index (χ3n) is 7.76. The fourth-order valence-corrected chi connectivity index (χ4v) is 5.88. The Hall–Kier alpha value is -3.89. The molecule has 1 fully saturated rings. The maximum absolute atomic E-state index is 13.8. The second-order valence-electron chi connectivity index (χ2n) is 9.97. The lowest BCUT2D eigenvalue weighted by atomic mass is 9.90. The van der Waals surface area contributed by atoms with Crippen LogP contribution in [-0.2, 0) is 17.9 Å². The van der Waals surface area contributed by atoms with Crippen LogP contribution in [0.1, 0.15) is 29.5 Å². The highest BCUT2D eigenvalue weighted by Crippen LogP contribution is 2.31. The molecule has 1 aromatic heterocycles. The molecule has 4 aromatic carbocycles. The molecule has 186 valence electrons. The maximum atomic E-state index is 13.8. The summed E-state index contributed by atoms with van der Waals surface area (Å²) in [7, 11) is 0. The van der Waals surface area contributed by atoms with Gasteiger partial charge in [-0.2, -0.15) is 0 Å². The van der Waals surface area contributed by atoms with Crippen LogP contribution in [0, 0.1) is 0 Å². The van der Waals surface area contributed by atoms with E-state index in [4.69, 9.17) is 0 Å². The fraction of sp³-hybridized carbons (Fsp3) is 0.242. The molecule has 1 aliphatic rings. The topological polar surface area (TPSA) is 28.5 Å². The van der Waals surface area contributed by atoms with Gasteiger partial charge in [0.25, 0.3) is 0 Å². The van der Waals surface area contributed by atoms with E-state index >= 15 is 0 Å². The van der Waals surface area contributed by atoms with Crippen LogP contribution in [0.15, 0.2) is 103 Å². The van der Waals surface area contributed by atoms with Crippen LogP contribution in [0.2, 0.25) is 0 Å². The fourth-order valence-electron chi connectivity index (χ4n) is 5.88. The van der Waals surface area contributed by atoms with E-state index in [1.165, 1.54) is 27.4 Å². The number of carbonyl (C=O) groups is 1. The largest absolute Gasteiger partial charge is 0.341 e. The van der Waals surface area contributed by atoms with Crippen molar-refractivity contribution in [1.29, 1.82) is 0 Å². The van der Waals surface area contributed by atoms with Gasteiger partial charge in [-0.25, -0.2) is 0 Å². The molecule has 4 heteroatoms. The number of aromatic nitrogens is 1. The van der Waals surface area contributed by atoms with Gasteiger partial charge in [-0.05, 0) is 41.8 Å². The Morgan fingerprint density at radius 1 is 0.703 bits per heavy atom. The number of para-hydroxylation sites is 1. The van der Waals surface area contributed by atoms with Crippen LogP contribution in [0.3, 0.4) is 0 Å². The first-order valence-corrected chi connectivity index (χ1v) is 13.3. The molecule has 0 aliphatic carbocycles. The lowest BCUT2D eigenvalue weighted by molar-refractivity contribution is -0.133. The number of piperazine rings is 1. The number of hydrogen-bond acceptors (Lipinski definition) is 2. The molecule has 4 nitrogen and oxygen atoms in total. The van der Waals surface area contributed by atoms with Gasteiger partial charge < -0.3 is 9.47 Å². The van der Waals surface area contributed by atoms with Gasteiger partial charge in [-0.15, -0.1) is 0 Å². The third kappa shape index (κ3) is 4.54. The summed E-state index contributed by atoms with van der Waals surface area (Å²) in [4.78, 5) is 18.3. The van der Waals surface area contributed by atoms with E-state index in [2.05, 4.69) is 88.0 Å². The highest BCUT2D eigenvalue weighted by Gasteiger charge is 2.29. The molecule has 6 rings (SSSR count). The van der Waals surface area contributed by atoms with Crippen molar-refractivity contribution in [1.82, 2.24) is 14.4 Å². The zero-order chi connectivity index (χ0) is 25.2. The zero-order valence-corrected chi connectivity index (χ0v) is 21.4. The molecule has 0 radical (unpaired) electrons. The highest BCUT2D eigenvalue weighted by atomic mass is 16.2. The standard InChI is InChI=1S/C33H33N3O/c1-2-36-30-16-10-9-15-28(30)29-23-25(17-18-31(29)36)24-34-19-21-35(22-20-34)33(37)32(26-11-5-3-6-12-26)27-13-7-4-8-14-27/h3-18,23,32H,2,19-22,24H2,1H3. The molecule has 5 aromatic rings. The molecule has 0 bridgehead atoms. The van der Waals surface area contributed by atoms with Gasteiger partial charge in [0, 0.05) is 61.1 Å². The summed E-state index contributed by atoms with van der Waals surface area (Å²) < 4.78 is 2.40. The average molecular weight is 488 g/mol. The van der Waals surface area contributed by atoms with Crippen LogP contribution >= 0.6 is 0 Å². The Morgan fingerprint density at radius 3 is 1.95 bits per heavy atom. The lowest BCUT2D eigenvalue weighted by Gasteiger charge is -2.36. The number of carbonyl (C=O) groups excluding carboxylic acids is 1. The first-order valence-electron chi connectivity index (χ1n) is 13.3. The van der Waals surface area contributed by atoms with Crippen LogP contribution in [-0.4, -0.2) is 46.5 Å². The number of rotatable bonds is 6. The minimum absolute atomic E-state index is 0.200. The van der Waals surface area contributed by atoms with Crippen LogP contribution in [0.5, 0.6) is 0 Å². The van der Waals surface area contributed by atoms with E-state index in [1.807, 2.05) is 36.4 Å². The first-order chi connectivity index (χ1) is 18.2. The van der Waals surface area contributed by atoms with E-state index < -0.39 is 0 Å². The zero-order valence-electron chi connectivity index (χ0n) is 21.4. The smallest absolute Gasteiger partial charge is 0.234 e. The Morgan fingerprint density at radius 2 is 1.30 bits per heavy atom. The monoisotopic (exact) mass is 487 g/mol. The SMILES string of the molecule is CCn1c2ccccc2c2cc(CN3CCN(C(=O)C(c4ccccc4)c4ccccc4)CC3)ccc21. The average Bonchev–Trinajstić information content (AvgIpc) is 3.28. The molecule has 0 unspecified atom stereocenters. The number of hydrogen-bond donors (Lipinski definition) is 0. The first kappa shape index (κ1) is 23.5. The lowest BCUT2D eigenvalue weighted by Crippen LogP contribution is -2.49. The summed E-state index contributed by atoms with van der Waals surface area (Å²) in [5.74, 6) is -0.0573. The predicted molar refractivity (Wildman–Crippen MR) is 152 cm³/mol. The van der Waals surface area contributed by atoms with Crippen LogP contribution in [0.4, 0.5) is 0 Å². The van der Waals surface area contributed by atoms with Crippen molar-refractivity contribution in [2.45, 2.75) is 25.9 Å². The van der Waals surface area contributed by atoms with Gasteiger partial charge >= 0.3 is 0 Å². The Balaban J connectivity index is 1.17. The van der Waals surface area contributed by atoms with E-state index in [9.17, 15) is 4.79 Å². The van der Waals surface area contributed by atoms with E-state index in [-0.39, 0.29) is 11.8 Å². The van der Waals surface area contributed by atoms with E-state index in [1.54, 1.807) is 0 Å². The molecule has 0 saturated carbocycles. The Kier molecular flexibility index (Phi) is 6.50. The molecule has 0 spiro atoms. The van der Waals surface area contributed by atoms with Crippen molar-refractivity contribution in [3.05, 3.63) is 120 Å². The molecule has 2 heterocycles. The van der Waals surface area contributed by atoms with Crippen molar-refractivity contribution in [2.24, 2.45) is 0 Å². The Bertz CT molecular complexity index is 1480. The van der Waals surface area contributed by atoms with Crippen molar-refractivity contribution in [2.75, 3.05) is 26.2 Å². The van der Waals surface area contributed by atoms with Gasteiger partial charge in [-0.3, -0.25) is 9.69 Å². The second-order valence-corrected chi connectivity index (χ2v) is 9.97. The second kappa shape index (κ2) is 10.2. The van der Waals surface area contributed by atoms with Crippen molar-refractivity contribution >= 4 is 27.7 Å². The van der Waals surface area contributed by atoms with Crippen molar-refractivity contribution in [3.63, 3.8) is 0 Å². The van der Waals surface area contributed by atoms with Gasteiger partial charge in [0.05, 0.1) is 5.92 Å². The summed E-state index contributed by atoms with van der Waals surface area (Å²) in [6.45, 7) is 7.36. The number of aryl methyl sites for hydroxylation is 1. The number of fused-ring (bicyclic) bond motifs is 3. The quantitative estimate of drug-likeness (QED) is 0.282. The molecule has 1 saturated heterocycles. The van der Waals surface area contributed by atoms with Gasteiger partial charge in [0.1, 0.15) is 0 Å². The van der Waals surface area contributed by atoms with Crippen molar-refractivity contribution in [3.8, 4) is 0 Å². The number of benzene rings is 4. The summed E-state index contributed by atoms with van der Waals surface area (Å²) >= 11 is 0. The number of nitrogens with zero attached hydrogens (tertiary/aromatic N) is 3. The molecular formula is C33H33N3O. The molecular weight excluding hydrogens is 454 g/mol. The van der Waals surface area contributed by atoms with E-state index in [0.29, 0.717) is 0 Å². The maximum Gasteiger partial charge on any atom is 0.234 e. The molecule has 1 aliphatic heterocycles. The van der Waals surface area contributed by atoms with Gasteiger partial charge in [0.2, 0.25) is 5.91 Å². The Labute approximate surface area is 218 Å².